The van der Waals surface area contributed by atoms with Crippen LogP contribution in [0.15, 0.2) is 73.8 Å². The number of anilines is 1. The average molecular weight is 642 g/mol. The van der Waals surface area contributed by atoms with E-state index in [9.17, 15) is 14.7 Å². The summed E-state index contributed by atoms with van der Waals surface area (Å²) in [6.45, 7) is 15.4. The lowest BCUT2D eigenvalue weighted by molar-refractivity contribution is -0.151. The third-order valence-electron chi connectivity index (χ3n) is 10.6. The second kappa shape index (κ2) is 14.6. The molecule has 2 unspecified atom stereocenters. The minimum atomic E-state index is -1.11. The van der Waals surface area contributed by atoms with Gasteiger partial charge in [0.05, 0.1) is 17.4 Å². The van der Waals surface area contributed by atoms with Gasteiger partial charge in [0.2, 0.25) is 11.8 Å². The number of aryl methyl sites for hydroxylation is 2. The molecule has 0 radical (unpaired) electrons. The molecule has 3 amide bonds. The highest BCUT2D eigenvalue weighted by Crippen LogP contribution is 2.64. The highest BCUT2D eigenvalue weighted by atomic mass is 16.5. The van der Waals surface area contributed by atoms with Gasteiger partial charge in [0.25, 0.3) is 5.91 Å². The number of nitrogens with zero attached hydrogens (tertiary/aromatic N) is 3. The Morgan fingerprint density at radius 1 is 1.00 bits per heavy atom. The van der Waals surface area contributed by atoms with Gasteiger partial charge in [-0.05, 0) is 68.7 Å². The number of likely N-dealkylation sites (tertiary alicyclic amines) is 1. The zero-order valence-corrected chi connectivity index (χ0v) is 28.3. The van der Waals surface area contributed by atoms with Gasteiger partial charge in [-0.15, -0.1) is 13.2 Å². The third-order valence-corrected chi connectivity index (χ3v) is 10.6. The summed E-state index contributed by atoms with van der Waals surface area (Å²) in [6, 6.07) is 15.0. The number of carbonyl (C=O) groups excluding carboxylic acids is 3. The van der Waals surface area contributed by atoms with Crippen LogP contribution in [-0.2, 0) is 25.7 Å². The molecule has 5 atom stereocenters. The standard InChI is InChI=1S/C39H51N3O5/c1-6-22-40(27-30-16-12-11-13-17-30)35(44)32-33-36(45)42(24-14-9-10-15-25-43)34(39(33)21-20-38(32,8-3)47-39)37(46)41(23-7-2)31-26-28(4)18-19-29(31)5/h6-7,11-13,16-19,26,32-34,43H,1-2,8-10,14-15,20-25,27H2,3-5H3/t32-,33+,34?,38+,39?/m1/s1. The Balaban J connectivity index is 1.57. The lowest BCUT2D eigenvalue weighted by atomic mass is 9.64. The van der Waals surface area contributed by atoms with Crippen molar-refractivity contribution < 1.29 is 24.2 Å². The largest absolute Gasteiger partial charge is 0.396 e. The molecule has 252 valence electrons. The second-order valence-corrected chi connectivity index (χ2v) is 13.5. The first-order valence-electron chi connectivity index (χ1n) is 17.2. The summed E-state index contributed by atoms with van der Waals surface area (Å²) in [7, 11) is 0. The van der Waals surface area contributed by atoms with Crippen molar-refractivity contribution in [2.75, 3.05) is 31.1 Å². The molecule has 2 aromatic rings. The number of fused-ring (bicyclic) bond motifs is 1. The maximum absolute atomic E-state index is 15.0. The molecular weight excluding hydrogens is 590 g/mol. The van der Waals surface area contributed by atoms with E-state index in [1.807, 2.05) is 69.3 Å². The van der Waals surface area contributed by atoms with Gasteiger partial charge < -0.3 is 24.5 Å². The predicted molar refractivity (Wildman–Crippen MR) is 185 cm³/mol. The number of carbonyl (C=O) groups is 3. The summed E-state index contributed by atoms with van der Waals surface area (Å²) in [6.07, 6.45) is 8.20. The first-order valence-corrected chi connectivity index (χ1v) is 17.2. The van der Waals surface area contributed by atoms with Crippen LogP contribution in [0, 0.1) is 25.7 Å². The number of amides is 3. The van der Waals surface area contributed by atoms with Crippen molar-refractivity contribution in [1.82, 2.24) is 9.80 Å². The highest BCUT2D eigenvalue weighted by Gasteiger charge is 2.79. The van der Waals surface area contributed by atoms with Crippen LogP contribution in [0.5, 0.6) is 0 Å². The van der Waals surface area contributed by atoms with E-state index < -0.39 is 29.1 Å². The van der Waals surface area contributed by atoms with E-state index in [1.54, 1.807) is 26.9 Å². The van der Waals surface area contributed by atoms with Crippen LogP contribution in [-0.4, -0.2) is 76.1 Å². The summed E-state index contributed by atoms with van der Waals surface area (Å²) >= 11 is 0. The molecule has 1 N–H and O–H groups in total. The summed E-state index contributed by atoms with van der Waals surface area (Å²) in [5, 5.41) is 9.30. The van der Waals surface area contributed by atoms with Crippen LogP contribution < -0.4 is 4.90 Å². The third kappa shape index (κ3) is 6.30. The molecule has 0 saturated carbocycles. The number of rotatable bonds is 16. The quantitative estimate of drug-likeness (QED) is 0.186. The van der Waals surface area contributed by atoms with Crippen LogP contribution in [0.4, 0.5) is 5.69 Å². The van der Waals surface area contributed by atoms with Gasteiger partial charge in [-0.1, -0.05) is 74.4 Å². The van der Waals surface area contributed by atoms with Gasteiger partial charge in [0.1, 0.15) is 11.6 Å². The normalized spacial score (nSPS) is 25.9. The SMILES string of the molecule is C=CCN(Cc1ccccc1)C(=O)[C@H]1[C@H]2C(=O)N(CCCCCCO)C(C(=O)N(CC=C)c3cc(C)ccc3C)C23CC[C@]1(CC)O3. The fourth-order valence-corrected chi connectivity index (χ4v) is 8.34. The molecule has 3 heterocycles. The van der Waals surface area contributed by atoms with E-state index in [1.165, 1.54) is 0 Å². The van der Waals surface area contributed by atoms with E-state index in [0.717, 1.165) is 35.2 Å². The van der Waals surface area contributed by atoms with Crippen LogP contribution >= 0.6 is 0 Å². The molecule has 3 saturated heterocycles. The fourth-order valence-electron chi connectivity index (χ4n) is 8.34. The maximum Gasteiger partial charge on any atom is 0.253 e. The summed E-state index contributed by atoms with van der Waals surface area (Å²) in [4.78, 5) is 49.8. The Morgan fingerprint density at radius 2 is 1.72 bits per heavy atom. The van der Waals surface area contributed by atoms with Crippen molar-refractivity contribution in [2.45, 2.75) is 89.5 Å². The predicted octanol–water partition coefficient (Wildman–Crippen LogP) is 5.74. The Hall–Kier alpha value is -3.75. The number of ether oxygens (including phenoxy) is 1. The lowest BCUT2D eigenvalue weighted by Gasteiger charge is -2.37. The van der Waals surface area contributed by atoms with Crippen molar-refractivity contribution in [3.8, 4) is 0 Å². The number of aliphatic hydroxyl groups excluding tert-OH is 1. The van der Waals surface area contributed by atoms with E-state index in [-0.39, 0.29) is 30.9 Å². The fraction of sp³-hybridized carbons (Fsp3) is 0.513. The zero-order valence-electron chi connectivity index (χ0n) is 28.3. The van der Waals surface area contributed by atoms with Crippen molar-refractivity contribution in [1.29, 1.82) is 0 Å². The second-order valence-electron chi connectivity index (χ2n) is 13.5. The topological polar surface area (TPSA) is 90.4 Å². The molecule has 3 aliphatic rings. The van der Waals surface area contributed by atoms with Gasteiger partial charge in [-0.25, -0.2) is 0 Å². The molecule has 8 nitrogen and oxygen atoms in total. The monoisotopic (exact) mass is 641 g/mol. The summed E-state index contributed by atoms with van der Waals surface area (Å²) < 4.78 is 7.09. The number of benzene rings is 2. The molecule has 2 bridgehead atoms. The van der Waals surface area contributed by atoms with Crippen LogP contribution in [0.3, 0.4) is 0 Å². The molecule has 5 rings (SSSR count). The smallest absolute Gasteiger partial charge is 0.253 e. The number of hydrogen-bond acceptors (Lipinski definition) is 5. The van der Waals surface area contributed by atoms with Crippen LogP contribution in [0.2, 0.25) is 0 Å². The Bertz CT molecular complexity index is 1480. The molecule has 47 heavy (non-hydrogen) atoms. The molecule has 0 aromatic heterocycles. The first kappa shape index (κ1) is 34.6. The van der Waals surface area contributed by atoms with Gasteiger partial charge in [0, 0.05) is 38.5 Å². The molecule has 2 aromatic carbocycles. The minimum absolute atomic E-state index is 0.121. The summed E-state index contributed by atoms with van der Waals surface area (Å²) in [5.41, 5.74) is 1.82. The highest BCUT2D eigenvalue weighted by molar-refractivity contribution is 6.05. The van der Waals surface area contributed by atoms with E-state index in [2.05, 4.69) is 13.2 Å². The molecule has 3 aliphatic heterocycles. The maximum atomic E-state index is 15.0. The van der Waals surface area contributed by atoms with Gasteiger partial charge in [-0.2, -0.15) is 0 Å². The number of aliphatic hydroxyl groups is 1. The molecule has 1 spiro atoms. The van der Waals surface area contributed by atoms with E-state index >= 15 is 4.79 Å². The molecular formula is C39H51N3O5. The Kier molecular flexibility index (Phi) is 10.7. The molecule has 0 aliphatic carbocycles. The Morgan fingerprint density at radius 3 is 2.40 bits per heavy atom. The van der Waals surface area contributed by atoms with Crippen LogP contribution in [0.25, 0.3) is 0 Å². The Labute approximate surface area is 280 Å². The minimum Gasteiger partial charge on any atom is -0.396 e. The van der Waals surface area contributed by atoms with Crippen molar-refractivity contribution in [3.05, 3.63) is 90.5 Å². The van der Waals surface area contributed by atoms with Gasteiger partial charge in [-0.3, -0.25) is 14.4 Å². The summed E-state index contributed by atoms with van der Waals surface area (Å²) in [5.74, 6) is -1.96. The average Bonchev–Trinajstić information content (AvgIpc) is 3.68. The van der Waals surface area contributed by atoms with Crippen molar-refractivity contribution >= 4 is 23.4 Å². The van der Waals surface area contributed by atoms with Crippen LogP contribution in [0.1, 0.15) is 68.6 Å². The van der Waals surface area contributed by atoms with E-state index in [4.69, 9.17) is 4.74 Å². The van der Waals surface area contributed by atoms with Crippen molar-refractivity contribution in [3.63, 3.8) is 0 Å². The molecule has 8 heteroatoms. The first-order chi connectivity index (χ1) is 22.7. The van der Waals surface area contributed by atoms with Gasteiger partial charge >= 0.3 is 0 Å². The number of hydrogen-bond donors (Lipinski definition) is 1. The zero-order chi connectivity index (χ0) is 33.8. The van der Waals surface area contributed by atoms with Crippen molar-refractivity contribution in [2.24, 2.45) is 11.8 Å². The van der Waals surface area contributed by atoms with Gasteiger partial charge in [0.15, 0.2) is 0 Å². The number of unbranched alkanes of at least 4 members (excludes halogenated alkanes) is 3. The lowest BCUT2D eigenvalue weighted by Crippen LogP contribution is -2.56. The molecule has 3 fully saturated rings. The van der Waals surface area contributed by atoms with E-state index in [0.29, 0.717) is 51.7 Å².